The van der Waals surface area contributed by atoms with Crippen molar-refractivity contribution in [3.8, 4) is 17.2 Å². The minimum atomic E-state index is -4.98. The van der Waals surface area contributed by atoms with Crippen molar-refractivity contribution in [1.82, 2.24) is 15.0 Å². The fourth-order valence-corrected chi connectivity index (χ4v) is 2.77. The minimum Gasteiger partial charge on any atom is -0.493 e. The van der Waals surface area contributed by atoms with Crippen molar-refractivity contribution in [2.45, 2.75) is 13.1 Å². The molecule has 0 spiro atoms. The molecule has 1 aromatic heterocycles. The third kappa shape index (κ3) is 4.04. The number of aromatic nitrogens is 3. The highest BCUT2D eigenvalue weighted by molar-refractivity contribution is 6.04. The van der Waals surface area contributed by atoms with E-state index in [1.54, 1.807) is 13.0 Å². The molecule has 11 heteroatoms. The topological polar surface area (TPSA) is 78.3 Å². The van der Waals surface area contributed by atoms with Gasteiger partial charge in [-0.1, -0.05) is 11.3 Å². The summed E-state index contributed by atoms with van der Waals surface area (Å²) in [5.41, 5.74) is -1.89. The molecule has 0 fully saturated rings. The Balaban J connectivity index is 2.03. The second kappa shape index (κ2) is 8.01. The molecule has 7 nitrogen and oxygen atoms in total. The lowest BCUT2D eigenvalue weighted by Gasteiger charge is -2.14. The third-order valence-electron chi connectivity index (χ3n) is 4.19. The largest absolute Gasteiger partial charge is 0.493 e. The Hall–Kier alpha value is -3.63. The van der Waals surface area contributed by atoms with Gasteiger partial charge in [0.05, 0.1) is 19.9 Å². The molecule has 0 saturated heterocycles. The standard InChI is InChI=1S/C19H16F4N4O3/c1-10-7-14(29-2)15(30-3)9-13(10)24-18(28)16-17(19(21,22)23)27(26-25-16)12-6-4-5-11(20)8-12/h4-9H,1-3H3,(H,24,28). The first kappa shape index (κ1) is 21.1. The maximum Gasteiger partial charge on any atom is 0.435 e. The quantitative estimate of drug-likeness (QED) is 0.627. The average molecular weight is 424 g/mol. The number of carbonyl (C=O) groups excluding carboxylic acids is 1. The van der Waals surface area contributed by atoms with E-state index in [0.29, 0.717) is 16.0 Å². The van der Waals surface area contributed by atoms with Crippen molar-refractivity contribution >= 4 is 11.6 Å². The van der Waals surface area contributed by atoms with Crippen LogP contribution in [0.5, 0.6) is 11.5 Å². The summed E-state index contributed by atoms with van der Waals surface area (Å²) in [7, 11) is 2.81. The molecule has 1 N–H and O–H groups in total. The van der Waals surface area contributed by atoms with Crippen LogP contribution in [0.1, 0.15) is 21.7 Å². The van der Waals surface area contributed by atoms with Crippen LogP contribution in [-0.4, -0.2) is 35.1 Å². The molecule has 0 aliphatic carbocycles. The fourth-order valence-electron chi connectivity index (χ4n) is 2.77. The fraction of sp³-hybridized carbons (Fsp3) is 0.211. The van der Waals surface area contributed by atoms with Crippen molar-refractivity contribution in [1.29, 1.82) is 0 Å². The second-order valence-electron chi connectivity index (χ2n) is 6.15. The summed E-state index contributed by atoms with van der Waals surface area (Å²) >= 11 is 0. The van der Waals surface area contributed by atoms with Crippen molar-refractivity contribution in [2.75, 3.05) is 19.5 Å². The van der Waals surface area contributed by atoms with Crippen LogP contribution in [0.15, 0.2) is 36.4 Å². The molecular weight excluding hydrogens is 408 g/mol. The van der Waals surface area contributed by atoms with Crippen LogP contribution in [0.25, 0.3) is 5.69 Å². The van der Waals surface area contributed by atoms with E-state index >= 15 is 0 Å². The number of aryl methyl sites for hydroxylation is 1. The van der Waals surface area contributed by atoms with Gasteiger partial charge >= 0.3 is 6.18 Å². The molecule has 3 rings (SSSR count). The number of hydrogen-bond donors (Lipinski definition) is 1. The van der Waals surface area contributed by atoms with E-state index in [9.17, 15) is 22.4 Å². The van der Waals surface area contributed by atoms with Gasteiger partial charge in [-0.2, -0.15) is 13.2 Å². The summed E-state index contributed by atoms with van der Waals surface area (Å²) in [5, 5.41) is 9.18. The van der Waals surface area contributed by atoms with Gasteiger partial charge in [0.25, 0.3) is 5.91 Å². The van der Waals surface area contributed by atoms with Crippen molar-refractivity contribution < 1.29 is 31.8 Å². The third-order valence-corrected chi connectivity index (χ3v) is 4.19. The Kier molecular flexibility index (Phi) is 5.63. The van der Waals surface area contributed by atoms with Crippen LogP contribution in [0.4, 0.5) is 23.2 Å². The summed E-state index contributed by atoms with van der Waals surface area (Å²) in [4.78, 5) is 12.6. The van der Waals surface area contributed by atoms with Gasteiger partial charge in [-0.15, -0.1) is 5.10 Å². The van der Waals surface area contributed by atoms with Gasteiger partial charge in [0.15, 0.2) is 22.9 Å². The lowest BCUT2D eigenvalue weighted by atomic mass is 10.1. The summed E-state index contributed by atoms with van der Waals surface area (Å²) in [6, 6.07) is 7.33. The van der Waals surface area contributed by atoms with Crippen LogP contribution >= 0.6 is 0 Å². The molecule has 0 aliphatic heterocycles. The van der Waals surface area contributed by atoms with Crippen molar-refractivity contribution in [2.24, 2.45) is 0 Å². The lowest BCUT2D eigenvalue weighted by molar-refractivity contribution is -0.143. The van der Waals surface area contributed by atoms with Gasteiger partial charge < -0.3 is 14.8 Å². The Morgan fingerprint density at radius 3 is 2.37 bits per heavy atom. The number of alkyl halides is 3. The van der Waals surface area contributed by atoms with Crippen LogP contribution in [0.3, 0.4) is 0 Å². The summed E-state index contributed by atoms with van der Waals surface area (Å²) in [6.45, 7) is 1.63. The zero-order valence-corrected chi connectivity index (χ0v) is 16.0. The first-order valence-corrected chi connectivity index (χ1v) is 8.48. The second-order valence-corrected chi connectivity index (χ2v) is 6.15. The van der Waals surface area contributed by atoms with E-state index in [4.69, 9.17) is 9.47 Å². The van der Waals surface area contributed by atoms with Gasteiger partial charge in [-0.25, -0.2) is 9.07 Å². The number of ether oxygens (including phenoxy) is 2. The number of carbonyl (C=O) groups is 1. The average Bonchev–Trinajstić information content (AvgIpc) is 3.15. The predicted octanol–water partition coefficient (Wildman–Crippen LogP) is 4.00. The molecule has 2 aromatic carbocycles. The van der Waals surface area contributed by atoms with E-state index in [2.05, 4.69) is 15.6 Å². The molecule has 30 heavy (non-hydrogen) atoms. The Morgan fingerprint density at radius 1 is 1.10 bits per heavy atom. The molecule has 0 aliphatic rings. The highest BCUT2D eigenvalue weighted by Gasteiger charge is 2.42. The Labute approximate surface area is 168 Å². The van der Waals surface area contributed by atoms with Gasteiger partial charge in [-0.05, 0) is 36.8 Å². The van der Waals surface area contributed by atoms with Crippen molar-refractivity contribution in [3.05, 3.63) is 59.2 Å². The Morgan fingerprint density at radius 2 is 1.77 bits per heavy atom. The highest BCUT2D eigenvalue weighted by Crippen LogP contribution is 2.35. The molecule has 0 bridgehead atoms. The van der Waals surface area contributed by atoms with E-state index in [1.165, 1.54) is 32.4 Å². The Bertz CT molecular complexity index is 1100. The molecule has 3 aromatic rings. The SMILES string of the molecule is COc1cc(C)c(NC(=O)c2nnn(-c3cccc(F)c3)c2C(F)(F)F)cc1OC. The summed E-state index contributed by atoms with van der Waals surface area (Å²) < 4.78 is 65.3. The molecule has 1 amide bonds. The minimum absolute atomic E-state index is 0.200. The monoisotopic (exact) mass is 424 g/mol. The number of benzene rings is 2. The molecule has 0 atom stereocenters. The predicted molar refractivity (Wildman–Crippen MR) is 98.6 cm³/mol. The summed E-state index contributed by atoms with van der Waals surface area (Å²) in [6.07, 6.45) is -4.98. The van der Waals surface area contributed by atoms with Gasteiger partial charge in [0, 0.05) is 11.8 Å². The van der Waals surface area contributed by atoms with E-state index in [0.717, 1.165) is 12.1 Å². The van der Waals surface area contributed by atoms with Gasteiger partial charge in [-0.3, -0.25) is 4.79 Å². The number of anilines is 1. The normalized spacial score (nSPS) is 11.3. The maximum absolute atomic E-state index is 13.7. The number of amides is 1. The molecule has 0 unspecified atom stereocenters. The number of halogens is 4. The van der Waals surface area contributed by atoms with E-state index < -0.39 is 29.3 Å². The first-order valence-electron chi connectivity index (χ1n) is 8.48. The molecular formula is C19H16F4N4O3. The molecule has 158 valence electrons. The number of hydrogen-bond acceptors (Lipinski definition) is 5. The number of methoxy groups -OCH3 is 2. The summed E-state index contributed by atoms with van der Waals surface area (Å²) in [5.74, 6) is -1.23. The number of nitrogens with zero attached hydrogens (tertiary/aromatic N) is 3. The molecule has 1 heterocycles. The zero-order chi connectivity index (χ0) is 22.1. The van der Waals surface area contributed by atoms with Gasteiger partial charge in [0.2, 0.25) is 0 Å². The van der Waals surface area contributed by atoms with Gasteiger partial charge in [0.1, 0.15) is 5.82 Å². The van der Waals surface area contributed by atoms with Crippen LogP contribution in [-0.2, 0) is 6.18 Å². The maximum atomic E-state index is 13.7. The van der Waals surface area contributed by atoms with Crippen LogP contribution in [0, 0.1) is 12.7 Å². The lowest BCUT2D eigenvalue weighted by Crippen LogP contribution is -2.21. The number of rotatable bonds is 5. The number of nitrogens with one attached hydrogen (secondary N) is 1. The first-order chi connectivity index (χ1) is 14.2. The molecule has 0 saturated carbocycles. The van der Waals surface area contributed by atoms with Crippen LogP contribution in [0.2, 0.25) is 0 Å². The zero-order valence-electron chi connectivity index (χ0n) is 16.0. The smallest absolute Gasteiger partial charge is 0.435 e. The van der Waals surface area contributed by atoms with E-state index in [1.807, 2.05) is 0 Å². The van der Waals surface area contributed by atoms with Crippen molar-refractivity contribution in [3.63, 3.8) is 0 Å². The van der Waals surface area contributed by atoms with E-state index in [-0.39, 0.29) is 17.1 Å². The highest BCUT2D eigenvalue weighted by atomic mass is 19.4. The van der Waals surface area contributed by atoms with Crippen LogP contribution < -0.4 is 14.8 Å². The molecule has 0 radical (unpaired) electrons.